The van der Waals surface area contributed by atoms with Crippen LogP contribution in [-0.4, -0.2) is 39.0 Å². The summed E-state index contributed by atoms with van der Waals surface area (Å²) in [6.45, 7) is 5.09. The SMILES string of the molecule is CCOC(=O)C(Cc1ccc(OCCOC2c3ccc(C)cc3C=Cc3cc(CCc4ccccc4)ccc32)cc1)OC. The lowest BCUT2D eigenvalue weighted by Gasteiger charge is -2.22. The molecule has 0 heterocycles. The third-order valence-electron chi connectivity index (χ3n) is 7.76. The van der Waals surface area contributed by atoms with E-state index in [0.29, 0.717) is 26.2 Å². The number of aryl methyl sites for hydroxylation is 3. The summed E-state index contributed by atoms with van der Waals surface area (Å²) in [4.78, 5) is 12.1. The third-order valence-corrected chi connectivity index (χ3v) is 7.76. The number of methoxy groups -OCH3 is 1. The highest BCUT2D eigenvalue weighted by molar-refractivity contribution is 5.77. The lowest BCUT2D eigenvalue weighted by atomic mass is 9.93. The minimum atomic E-state index is -0.622. The first-order valence-corrected chi connectivity index (χ1v) is 15.0. The summed E-state index contributed by atoms with van der Waals surface area (Å²) in [6.07, 6.45) is 6.06. The maximum atomic E-state index is 12.1. The maximum Gasteiger partial charge on any atom is 0.335 e. The molecule has 0 N–H and O–H groups in total. The Morgan fingerprint density at radius 2 is 1.44 bits per heavy atom. The van der Waals surface area contributed by atoms with Crippen LogP contribution in [0.4, 0.5) is 0 Å². The molecule has 0 bridgehead atoms. The molecule has 4 aromatic carbocycles. The number of ether oxygens (including phenoxy) is 4. The van der Waals surface area contributed by atoms with Crippen molar-refractivity contribution in [2.75, 3.05) is 26.9 Å². The van der Waals surface area contributed by atoms with Crippen LogP contribution in [0.3, 0.4) is 0 Å². The molecule has 2 atom stereocenters. The lowest BCUT2D eigenvalue weighted by molar-refractivity contribution is -0.154. The highest BCUT2D eigenvalue weighted by Crippen LogP contribution is 2.36. The van der Waals surface area contributed by atoms with Crippen molar-refractivity contribution in [3.05, 3.63) is 136 Å². The Hall–Kier alpha value is -4.19. The minimum Gasteiger partial charge on any atom is -0.491 e. The molecule has 1 aliphatic rings. The van der Waals surface area contributed by atoms with Gasteiger partial charge in [0.1, 0.15) is 18.5 Å². The molecule has 1 aliphatic carbocycles. The molecule has 0 saturated carbocycles. The van der Waals surface area contributed by atoms with E-state index in [1.807, 2.05) is 24.3 Å². The predicted molar refractivity (Wildman–Crippen MR) is 171 cm³/mol. The molecular formula is C38H40O5. The molecule has 0 amide bonds. The number of rotatable bonds is 13. The highest BCUT2D eigenvalue weighted by Gasteiger charge is 2.23. The number of carbonyl (C=O) groups is 1. The van der Waals surface area contributed by atoms with Gasteiger partial charge in [-0.25, -0.2) is 4.79 Å². The molecule has 0 radical (unpaired) electrons. The summed E-state index contributed by atoms with van der Waals surface area (Å²) < 4.78 is 23.0. The molecule has 0 spiro atoms. The first-order chi connectivity index (χ1) is 21.0. The summed E-state index contributed by atoms with van der Waals surface area (Å²) in [5.74, 6) is 0.400. The number of fused-ring (bicyclic) bond motifs is 2. The molecule has 0 aliphatic heterocycles. The zero-order chi connectivity index (χ0) is 30.0. The second-order valence-corrected chi connectivity index (χ2v) is 10.8. The van der Waals surface area contributed by atoms with Crippen molar-refractivity contribution >= 4 is 18.1 Å². The molecule has 5 nitrogen and oxygen atoms in total. The van der Waals surface area contributed by atoms with E-state index in [0.717, 1.165) is 29.7 Å². The van der Waals surface area contributed by atoms with Crippen LogP contribution in [-0.2, 0) is 38.3 Å². The van der Waals surface area contributed by atoms with Crippen LogP contribution in [0.5, 0.6) is 5.75 Å². The Kier molecular flexibility index (Phi) is 10.4. The van der Waals surface area contributed by atoms with Crippen LogP contribution < -0.4 is 4.74 Å². The second-order valence-electron chi connectivity index (χ2n) is 10.8. The average Bonchev–Trinajstić information content (AvgIpc) is 3.18. The zero-order valence-electron chi connectivity index (χ0n) is 25.3. The normalized spacial score (nSPS) is 14.3. The van der Waals surface area contributed by atoms with E-state index in [2.05, 4.69) is 85.8 Å². The van der Waals surface area contributed by atoms with Crippen molar-refractivity contribution < 1.29 is 23.7 Å². The standard InChI is InChI=1S/C38H40O5/c1-4-41-38(39)36(40-3)26-30-13-18-33(19-14-30)42-22-23-43-37-34-20-10-27(2)24-31(34)16-17-32-25-29(15-21-35(32)37)12-11-28-8-6-5-7-9-28/h5-10,13-21,24-25,36-37H,4,11-12,22-23,26H2,1-3H3. The van der Waals surface area contributed by atoms with E-state index in [1.54, 1.807) is 6.92 Å². The van der Waals surface area contributed by atoms with E-state index in [9.17, 15) is 4.79 Å². The number of hydrogen-bond donors (Lipinski definition) is 0. The molecule has 5 rings (SSSR count). The van der Waals surface area contributed by atoms with E-state index in [4.69, 9.17) is 18.9 Å². The van der Waals surface area contributed by atoms with Gasteiger partial charge in [-0.3, -0.25) is 0 Å². The van der Waals surface area contributed by atoms with Crippen LogP contribution in [0, 0.1) is 6.92 Å². The van der Waals surface area contributed by atoms with Crippen LogP contribution in [0.2, 0.25) is 0 Å². The Balaban J connectivity index is 1.23. The third kappa shape index (κ3) is 8.01. The predicted octanol–water partition coefficient (Wildman–Crippen LogP) is 7.57. The van der Waals surface area contributed by atoms with E-state index >= 15 is 0 Å². The number of hydrogen-bond acceptors (Lipinski definition) is 5. The van der Waals surface area contributed by atoms with E-state index in [1.165, 1.54) is 40.5 Å². The van der Waals surface area contributed by atoms with E-state index in [-0.39, 0.29) is 12.1 Å². The van der Waals surface area contributed by atoms with Gasteiger partial charge < -0.3 is 18.9 Å². The average molecular weight is 577 g/mol. The Morgan fingerprint density at radius 1 is 0.767 bits per heavy atom. The van der Waals surface area contributed by atoms with Crippen LogP contribution in [0.1, 0.15) is 57.5 Å². The molecule has 4 aromatic rings. The van der Waals surface area contributed by atoms with Gasteiger partial charge in [-0.15, -0.1) is 0 Å². The molecule has 0 saturated heterocycles. The molecule has 43 heavy (non-hydrogen) atoms. The fraction of sp³-hybridized carbons (Fsp3) is 0.289. The molecule has 5 heteroatoms. The van der Waals surface area contributed by atoms with E-state index < -0.39 is 6.10 Å². The molecule has 0 aromatic heterocycles. The molecular weight excluding hydrogens is 536 g/mol. The summed E-state index contributed by atoms with van der Waals surface area (Å²) >= 11 is 0. The maximum absolute atomic E-state index is 12.1. The number of carbonyl (C=O) groups excluding carboxylic acids is 1. The van der Waals surface area contributed by atoms with Gasteiger partial charge in [0.25, 0.3) is 0 Å². The van der Waals surface area contributed by atoms with Gasteiger partial charge in [-0.2, -0.15) is 0 Å². The van der Waals surface area contributed by atoms with Crippen molar-refractivity contribution in [1.29, 1.82) is 0 Å². The first kappa shape index (κ1) is 30.3. The minimum absolute atomic E-state index is 0.191. The summed E-state index contributed by atoms with van der Waals surface area (Å²) in [6, 6.07) is 31.7. The zero-order valence-corrected chi connectivity index (χ0v) is 25.3. The molecule has 2 unspecified atom stereocenters. The van der Waals surface area contributed by atoms with Gasteiger partial charge >= 0.3 is 5.97 Å². The Labute approximate surface area is 255 Å². The summed E-state index contributed by atoms with van der Waals surface area (Å²) in [5, 5.41) is 0. The fourth-order valence-corrected chi connectivity index (χ4v) is 5.46. The largest absolute Gasteiger partial charge is 0.491 e. The van der Waals surface area contributed by atoms with Gasteiger partial charge in [0.05, 0.1) is 13.2 Å². The van der Waals surface area contributed by atoms with Gasteiger partial charge in [0, 0.05) is 13.5 Å². The topological polar surface area (TPSA) is 54.0 Å². The second kappa shape index (κ2) is 14.8. The Bertz CT molecular complexity index is 1520. The van der Waals surface area contributed by atoms with Crippen molar-refractivity contribution in [1.82, 2.24) is 0 Å². The van der Waals surface area contributed by atoms with Crippen molar-refractivity contribution in [3.8, 4) is 5.75 Å². The van der Waals surface area contributed by atoms with Crippen molar-refractivity contribution in [2.45, 2.75) is 45.3 Å². The van der Waals surface area contributed by atoms with Gasteiger partial charge in [-0.05, 0) is 77.8 Å². The van der Waals surface area contributed by atoms with Crippen LogP contribution in [0.25, 0.3) is 12.2 Å². The van der Waals surface area contributed by atoms with Crippen LogP contribution >= 0.6 is 0 Å². The first-order valence-electron chi connectivity index (χ1n) is 15.0. The summed E-state index contributed by atoms with van der Waals surface area (Å²) in [7, 11) is 1.52. The van der Waals surface area contributed by atoms with Crippen molar-refractivity contribution in [2.24, 2.45) is 0 Å². The van der Waals surface area contributed by atoms with Gasteiger partial charge in [0.15, 0.2) is 6.10 Å². The molecule has 222 valence electrons. The smallest absolute Gasteiger partial charge is 0.335 e. The highest BCUT2D eigenvalue weighted by atomic mass is 16.6. The number of benzene rings is 4. The quantitative estimate of drug-likeness (QED) is 0.121. The van der Waals surface area contributed by atoms with Crippen molar-refractivity contribution in [3.63, 3.8) is 0 Å². The fourth-order valence-electron chi connectivity index (χ4n) is 5.46. The molecule has 0 fully saturated rings. The van der Waals surface area contributed by atoms with Crippen LogP contribution in [0.15, 0.2) is 91.0 Å². The van der Waals surface area contributed by atoms with Gasteiger partial charge in [-0.1, -0.05) is 96.6 Å². The van der Waals surface area contributed by atoms with Gasteiger partial charge in [0.2, 0.25) is 0 Å². The lowest BCUT2D eigenvalue weighted by Crippen LogP contribution is -2.27. The number of esters is 1. The monoisotopic (exact) mass is 576 g/mol. The Morgan fingerprint density at radius 3 is 2.16 bits per heavy atom. The summed E-state index contributed by atoms with van der Waals surface area (Å²) in [5.41, 5.74) is 9.57.